The fraction of sp³-hybridized carbons (Fsp3) is 0.923. The van der Waals surface area contributed by atoms with E-state index < -0.39 is 5.60 Å². The number of hydrogen-bond donors (Lipinski definition) is 2. The van der Waals surface area contributed by atoms with Gasteiger partial charge in [-0.3, -0.25) is 4.79 Å². The molecular weight excluding hydrogens is 216 g/mol. The highest BCUT2D eigenvalue weighted by Gasteiger charge is 2.35. The van der Waals surface area contributed by atoms with E-state index in [0.29, 0.717) is 6.54 Å². The van der Waals surface area contributed by atoms with E-state index in [9.17, 15) is 9.90 Å². The number of rotatable bonds is 3. The molecule has 0 aromatic rings. The van der Waals surface area contributed by atoms with Crippen LogP contribution in [0.15, 0.2) is 0 Å². The van der Waals surface area contributed by atoms with Gasteiger partial charge in [-0.25, -0.2) is 0 Å². The molecule has 1 atom stereocenters. The molecule has 2 N–H and O–H groups in total. The smallest absolute Gasteiger partial charge is 0.239 e. The minimum atomic E-state index is -0.589. The summed E-state index contributed by atoms with van der Waals surface area (Å²) >= 11 is 0. The van der Waals surface area contributed by atoms with Gasteiger partial charge in [0.25, 0.3) is 0 Å². The molecule has 1 unspecified atom stereocenters. The summed E-state index contributed by atoms with van der Waals surface area (Å²) in [5.74, 6) is 0.896. The van der Waals surface area contributed by atoms with Gasteiger partial charge in [0.05, 0.1) is 11.6 Å². The monoisotopic (exact) mass is 240 g/mol. The number of amides is 1. The zero-order chi connectivity index (χ0) is 12.5. The molecule has 17 heavy (non-hydrogen) atoms. The molecule has 2 fully saturated rings. The number of nitrogens with zero attached hydrogens (tertiary/aromatic N) is 1. The zero-order valence-electron chi connectivity index (χ0n) is 10.9. The summed E-state index contributed by atoms with van der Waals surface area (Å²) in [5, 5.41) is 13.7. The normalized spacial score (nSPS) is 38.8. The largest absolute Gasteiger partial charge is 0.389 e. The van der Waals surface area contributed by atoms with Crippen molar-refractivity contribution in [3.63, 3.8) is 0 Å². The molecule has 4 nitrogen and oxygen atoms in total. The first-order valence-electron chi connectivity index (χ1n) is 6.71. The minimum Gasteiger partial charge on any atom is -0.389 e. The maximum atomic E-state index is 11.7. The molecule has 1 heterocycles. The average molecular weight is 240 g/mol. The van der Waals surface area contributed by atoms with Crippen molar-refractivity contribution in [1.29, 1.82) is 0 Å². The third-order valence-electron chi connectivity index (χ3n) is 4.31. The van der Waals surface area contributed by atoms with Gasteiger partial charge in [-0.05, 0) is 38.0 Å². The van der Waals surface area contributed by atoms with Crippen molar-refractivity contribution in [2.45, 2.75) is 50.7 Å². The summed E-state index contributed by atoms with van der Waals surface area (Å²) in [6.45, 7) is 3.62. The Morgan fingerprint density at radius 2 is 2.06 bits per heavy atom. The lowest BCUT2D eigenvalue weighted by Crippen LogP contribution is -2.48. The van der Waals surface area contributed by atoms with Gasteiger partial charge in [-0.15, -0.1) is 0 Å². The average Bonchev–Trinajstić information content (AvgIpc) is 2.62. The SMILES string of the molecule is CC1CCC(O)(CNC2CCN(C)C2=O)CC1. The number of carbonyl (C=O) groups excluding carboxylic acids is 1. The maximum absolute atomic E-state index is 11.7. The molecule has 0 aromatic heterocycles. The van der Waals surface area contributed by atoms with Crippen LogP contribution in [-0.4, -0.2) is 47.7 Å². The fourth-order valence-corrected chi connectivity index (χ4v) is 2.80. The molecule has 1 aliphatic heterocycles. The van der Waals surface area contributed by atoms with Crippen molar-refractivity contribution < 1.29 is 9.90 Å². The minimum absolute atomic E-state index is 0.0802. The lowest BCUT2D eigenvalue weighted by atomic mass is 9.79. The first-order chi connectivity index (χ1) is 8.00. The predicted octanol–water partition coefficient (Wildman–Crippen LogP) is 0.748. The van der Waals surface area contributed by atoms with Gasteiger partial charge in [-0.1, -0.05) is 6.92 Å². The van der Waals surface area contributed by atoms with Gasteiger partial charge in [0.2, 0.25) is 5.91 Å². The van der Waals surface area contributed by atoms with E-state index in [1.165, 1.54) is 0 Å². The molecule has 1 saturated heterocycles. The Kier molecular flexibility index (Phi) is 3.73. The van der Waals surface area contributed by atoms with Crippen LogP contribution < -0.4 is 5.32 Å². The third kappa shape index (κ3) is 2.99. The lowest BCUT2D eigenvalue weighted by Gasteiger charge is -2.35. The Bertz CT molecular complexity index is 285. The quantitative estimate of drug-likeness (QED) is 0.765. The molecule has 0 spiro atoms. The third-order valence-corrected chi connectivity index (χ3v) is 4.31. The maximum Gasteiger partial charge on any atom is 0.239 e. The predicted molar refractivity (Wildman–Crippen MR) is 66.6 cm³/mol. The molecule has 0 aromatic carbocycles. The highest BCUT2D eigenvalue weighted by molar-refractivity contribution is 5.83. The highest BCUT2D eigenvalue weighted by atomic mass is 16.3. The summed E-state index contributed by atoms with van der Waals surface area (Å²) in [7, 11) is 1.83. The Labute approximate surface area is 103 Å². The molecule has 98 valence electrons. The zero-order valence-corrected chi connectivity index (χ0v) is 10.9. The Hall–Kier alpha value is -0.610. The van der Waals surface area contributed by atoms with E-state index in [-0.39, 0.29) is 11.9 Å². The van der Waals surface area contributed by atoms with E-state index in [0.717, 1.165) is 44.6 Å². The van der Waals surface area contributed by atoms with Gasteiger partial charge in [-0.2, -0.15) is 0 Å². The number of nitrogens with one attached hydrogen (secondary N) is 1. The lowest BCUT2D eigenvalue weighted by molar-refractivity contribution is -0.128. The van der Waals surface area contributed by atoms with E-state index in [1.807, 2.05) is 7.05 Å². The topological polar surface area (TPSA) is 52.6 Å². The van der Waals surface area contributed by atoms with Crippen molar-refractivity contribution in [1.82, 2.24) is 10.2 Å². The number of likely N-dealkylation sites (tertiary alicyclic amines) is 1. The number of carbonyl (C=O) groups is 1. The first-order valence-corrected chi connectivity index (χ1v) is 6.71. The second-order valence-electron chi connectivity index (χ2n) is 5.89. The van der Waals surface area contributed by atoms with Crippen molar-refractivity contribution in [2.75, 3.05) is 20.1 Å². The van der Waals surface area contributed by atoms with Crippen LogP contribution in [-0.2, 0) is 4.79 Å². The molecule has 2 rings (SSSR count). The number of hydrogen-bond acceptors (Lipinski definition) is 3. The second kappa shape index (κ2) is 4.94. The van der Waals surface area contributed by atoms with Crippen LogP contribution in [0.1, 0.15) is 39.0 Å². The molecule has 2 aliphatic rings. The Morgan fingerprint density at radius 1 is 1.41 bits per heavy atom. The molecule has 1 amide bonds. The second-order valence-corrected chi connectivity index (χ2v) is 5.89. The van der Waals surface area contributed by atoms with Crippen LogP contribution in [0, 0.1) is 5.92 Å². The molecule has 4 heteroatoms. The van der Waals surface area contributed by atoms with Gasteiger partial charge < -0.3 is 15.3 Å². The molecule has 1 aliphatic carbocycles. The Morgan fingerprint density at radius 3 is 2.59 bits per heavy atom. The summed E-state index contributed by atoms with van der Waals surface area (Å²) < 4.78 is 0. The van der Waals surface area contributed by atoms with Gasteiger partial charge in [0.15, 0.2) is 0 Å². The van der Waals surface area contributed by atoms with Gasteiger partial charge in [0, 0.05) is 20.1 Å². The van der Waals surface area contributed by atoms with Crippen molar-refractivity contribution in [3.8, 4) is 0 Å². The van der Waals surface area contributed by atoms with E-state index >= 15 is 0 Å². The van der Waals surface area contributed by atoms with Crippen LogP contribution in [0.25, 0.3) is 0 Å². The Balaban J connectivity index is 1.80. The summed E-state index contributed by atoms with van der Waals surface area (Å²) in [5.41, 5.74) is -0.589. The summed E-state index contributed by atoms with van der Waals surface area (Å²) in [6.07, 6.45) is 4.77. The standard InChI is InChI=1S/C13H24N2O2/c1-10-3-6-13(17,7-4-10)9-14-11-5-8-15(2)12(11)16/h10-11,14,17H,3-9H2,1-2H3. The molecule has 0 bridgehead atoms. The van der Waals surface area contributed by atoms with Crippen LogP contribution in [0.5, 0.6) is 0 Å². The van der Waals surface area contributed by atoms with Crippen LogP contribution in [0.4, 0.5) is 0 Å². The molecular formula is C13H24N2O2. The van der Waals surface area contributed by atoms with E-state index in [4.69, 9.17) is 0 Å². The van der Waals surface area contributed by atoms with E-state index in [2.05, 4.69) is 12.2 Å². The van der Waals surface area contributed by atoms with Crippen molar-refractivity contribution in [2.24, 2.45) is 5.92 Å². The summed E-state index contributed by atoms with van der Waals surface area (Å²) in [6, 6.07) is -0.0802. The van der Waals surface area contributed by atoms with Crippen molar-refractivity contribution in [3.05, 3.63) is 0 Å². The van der Waals surface area contributed by atoms with Crippen LogP contribution in [0.2, 0.25) is 0 Å². The number of likely N-dealkylation sites (N-methyl/N-ethyl adjacent to an activating group) is 1. The first kappa shape index (κ1) is 12.8. The van der Waals surface area contributed by atoms with Crippen LogP contribution >= 0.6 is 0 Å². The van der Waals surface area contributed by atoms with Crippen LogP contribution in [0.3, 0.4) is 0 Å². The summed E-state index contributed by atoms with van der Waals surface area (Å²) in [4.78, 5) is 13.5. The molecule has 1 saturated carbocycles. The van der Waals surface area contributed by atoms with Gasteiger partial charge >= 0.3 is 0 Å². The fourth-order valence-electron chi connectivity index (χ4n) is 2.80. The van der Waals surface area contributed by atoms with Crippen molar-refractivity contribution >= 4 is 5.91 Å². The number of aliphatic hydroxyl groups is 1. The van der Waals surface area contributed by atoms with E-state index in [1.54, 1.807) is 4.90 Å². The highest BCUT2D eigenvalue weighted by Crippen LogP contribution is 2.31. The molecule has 0 radical (unpaired) electrons. The van der Waals surface area contributed by atoms with Gasteiger partial charge in [0.1, 0.15) is 0 Å².